The van der Waals surface area contributed by atoms with Crippen LogP contribution in [-0.2, 0) is 20.7 Å². The van der Waals surface area contributed by atoms with Crippen molar-refractivity contribution in [1.82, 2.24) is 4.98 Å². The molecule has 142 valence electrons. The molecule has 0 bridgehead atoms. The number of aryl methyl sites for hydroxylation is 1. The molecular formula is C21H25N3O3. The third-order valence-corrected chi connectivity index (χ3v) is 4.56. The lowest BCUT2D eigenvalue weighted by Crippen LogP contribution is -2.29. The summed E-state index contributed by atoms with van der Waals surface area (Å²) in [5.74, 6) is -0.799. The number of pyridine rings is 1. The van der Waals surface area contributed by atoms with Gasteiger partial charge in [0.25, 0.3) is 5.91 Å². The molecule has 2 heterocycles. The highest BCUT2D eigenvalue weighted by molar-refractivity contribution is 5.93. The van der Waals surface area contributed by atoms with E-state index in [0.29, 0.717) is 5.69 Å². The van der Waals surface area contributed by atoms with Crippen LogP contribution in [0.4, 0.5) is 11.4 Å². The van der Waals surface area contributed by atoms with Crippen molar-refractivity contribution >= 4 is 23.3 Å². The summed E-state index contributed by atoms with van der Waals surface area (Å²) in [5.41, 5.74) is 3.52. The van der Waals surface area contributed by atoms with E-state index in [1.165, 1.54) is 24.9 Å². The molecule has 0 saturated carbocycles. The molecule has 1 aromatic heterocycles. The summed E-state index contributed by atoms with van der Waals surface area (Å²) < 4.78 is 5.04. The number of carbonyl (C=O) groups is 2. The lowest BCUT2D eigenvalue weighted by Gasteiger charge is -2.28. The number of anilines is 2. The van der Waals surface area contributed by atoms with Crippen LogP contribution in [0.3, 0.4) is 0 Å². The molecule has 6 heteroatoms. The van der Waals surface area contributed by atoms with Gasteiger partial charge in [-0.1, -0.05) is 6.07 Å². The molecule has 1 N–H and O–H groups in total. The lowest BCUT2D eigenvalue weighted by atomic mass is 10.1. The van der Waals surface area contributed by atoms with E-state index in [9.17, 15) is 9.59 Å². The fraction of sp³-hybridized carbons (Fsp3) is 0.381. The molecular weight excluding hydrogens is 342 g/mol. The number of ether oxygens (including phenoxy) is 1. The molecule has 0 atom stereocenters. The van der Waals surface area contributed by atoms with Gasteiger partial charge in [-0.3, -0.25) is 14.6 Å². The molecule has 6 nitrogen and oxygen atoms in total. The molecule has 1 aliphatic rings. The predicted molar refractivity (Wildman–Crippen MR) is 105 cm³/mol. The van der Waals surface area contributed by atoms with E-state index in [1.807, 2.05) is 43.3 Å². The van der Waals surface area contributed by atoms with Crippen LogP contribution in [0, 0.1) is 6.92 Å². The number of esters is 1. The Bertz CT molecular complexity index is 766. The Morgan fingerprint density at radius 1 is 1.07 bits per heavy atom. The number of piperidine rings is 1. The quantitative estimate of drug-likeness (QED) is 0.795. The van der Waals surface area contributed by atoms with Crippen molar-refractivity contribution in [3.05, 3.63) is 53.9 Å². The monoisotopic (exact) mass is 367 g/mol. The van der Waals surface area contributed by atoms with Crippen LogP contribution in [0.15, 0.2) is 42.6 Å². The van der Waals surface area contributed by atoms with Crippen LogP contribution in [0.25, 0.3) is 0 Å². The molecule has 2 aromatic rings. The standard InChI is InChI=1S/C21H25N3O3/c1-16-5-6-17(14-22-16)13-21(26)27-15-20(25)23-18-7-9-19(10-8-18)24-11-3-2-4-12-24/h5-10,14H,2-4,11-13,15H2,1H3,(H,23,25). The number of benzene rings is 1. The molecule has 27 heavy (non-hydrogen) atoms. The average molecular weight is 367 g/mol. The van der Waals surface area contributed by atoms with E-state index in [-0.39, 0.29) is 18.9 Å². The van der Waals surface area contributed by atoms with Crippen molar-refractivity contribution in [2.75, 3.05) is 29.9 Å². The highest BCUT2D eigenvalue weighted by atomic mass is 16.5. The molecule has 1 aromatic carbocycles. The maximum atomic E-state index is 12.0. The Balaban J connectivity index is 1.43. The summed E-state index contributed by atoms with van der Waals surface area (Å²) in [5, 5.41) is 2.75. The first kappa shape index (κ1) is 18.9. The van der Waals surface area contributed by atoms with Gasteiger partial charge < -0.3 is 15.0 Å². The zero-order valence-corrected chi connectivity index (χ0v) is 15.6. The molecule has 3 rings (SSSR count). The number of carbonyl (C=O) groups excluding carboxylic acids is 2. The number of hydrogen-bond donors (Lipinski definition) is 1. The minimum Gasteiger partial charge on any atom is -0.455 e. The van der Waals surface area contributed by atoms with E-state index in [4.69, 9.17) is 4.74 Å². The largest absolute Gasteiger partial charge is 0.455 e. The van der Waals surface area contributed by atoms with Crippen LogP contribution in [0.2, 0.25) is 0 Å². The Morgan fingerprint density at radius 2 is 1.81 bits per heavy atom. The second kappa shape index (κ2) is 9.16. The predicted octanol–water partition coefficient (Wildman–Crippen LogP) is 3.10. The fourth-order valence-electron chi connectivity index (χ4n) is 3.07. The maximum absolute atomic E-state index is 12.0. The van der Waals surface area contributed by atoms with Crippen LogP contribution < -0.4 is 10.2 Å². The highest BCUT2D eigenvalue weighted by Crippen LogP contribution is 2.21. The first-order chi connectivity index (χ1) is 13.1. The minimum atomic E-state index is -0.448. The van der Waals surface area contributed by atoms with Gasteiger partial charge in [-0.15, -0.1) is 0 Å². The number of amides is 1. The summed E-state index contributed by atoms with van der Waals surface area (Å²) in [7, 11) is 0. The third-order valence-electron chi connectivity index (χ3n) is 4.56. The van der Waals surface area contributed by atoms with Gasteiger partial charge >= 0.3 is 5.97 Å². The Hall–Kier alpha value is -2.89. The lowest BCUT2D eigenvalue weighted by molar-refractivity contribution is -0.146. The van der Waals surface area contributed by atoms with Gasteiger partial charge in [-0.25, -0.2) is 0 Å². The minimum absolute atomic E-state index is 0.102. The van der Waals surface area contributed by atoms with Crippen LogP contribution in [0.5, 0.6) is 0 Å². The van der Waals surface area contributed by atoms with Crippen LogP contribution in [-0.4, -0.2) is 36.6 Å². The van der Waals surface area contributed by atoms with E-state index in [1.54, 1.807) is 6.20 Å². The number of rotatable bonds is 6. The van der Waals surface area contributed by atoms with Crippen molar-refractivity contribution < 1.29 is 14.3 Å². The van der Waals surface area contributed by atoms with Crippen molar-refractivity contribution in [3.63, 3.8) is 0 Å². The number of nitrogens with zero attached hydrogens (tertiary/aromatic N) is 2. The number of nitrogens with one attached hydrogen (secondary N) is 1. The second-order valence-corrected chi connectivity index (χ2v) is 6.79. The van der Waals surface area contributed by atoms with E-state index >= 15 is 0 Å². The third kappa shape index (κ3) is 5.81. The molecule has 1 aliphatic heterocycles. The summed E-state index contributed by atoms with van der Waals surface area (Å²) in [6, 6.07) is 11.4. The molecule has 0 spiro atoms. The fourth-order valence-corrected chi connectivity index (χ4v) is 3.07. The Morgan fingerprint density at radius 3 is 2.48 bits per heavy atom. The second-order valence-electron chi connectivity index (χ2n) is 6.79. The van der Waals surface area contributed by atoms with Gasteiger partial charge in [-0.05, 0) is 62.1 Å². The van der Waals surface area contributed by atoms with Crippen LogP contribution >= 0.6 is 0 Å². The first-order valence-corrected chi connectivity index (χ1v) is 9.32. The SMILES string of the molecule is Cc1ccc(CC(=O)OCC(=O)Nc2ccc(N3CCCCC3)cc2)cn1. The highest BCUT2D eigenvalue weighted by Gasteiger charge is 2.12. The maximum Gasteiger partial charge on any atom is 0.310 e. The van der Waals surface area contributed by atoms with Gasteiger partial charge in [0.15, 0.2) is 6.61 Å². The summed E-state index contributed by atoms with van der Waals surface area (Å²) in [4.78, 5) is 30.3. The molecule has 0 unspecified atom stereocenters. The van der Waals surface area contributed by atoms with Gasteiger partial charge in [0, 0.05) is 36.4 Å². The summed E-state index contributed by atoms with van der Waals surface area (Å²) >= 11 is 0. The molecule has 1 amide bonds. The zero-order valence-electron chi connectivity index (χ0n) is 15.6. The van der Waals surface area contributed by atoms with Crippen molar-refractivity contribution in [2.24, 2.45) is 0 Å². The number of hydrogen-bond acceptors (Lipinski definition) is 5. The van der Waals surface area contributed by atoms with E-state index in [0.717, 1.165) is 24.3 Å². The number of aromatic nitrogens is 1. The smallest absolute Gasteiger partial charge is 0.310 e. The summed E-state index contributed by atoms with van der Waals surface area (Å²) in [6.45, 7) is 3.74. The van der Waals surface area contributed by atoms with Gasteiger partial charge in [0.1, 0.15) is 0 Å². The first-order valence-electron chi connectivity index (χ1n) is 9.32. The molecule has 1 saturated heterocycles. The molecule has 0 aliphatic carbocycles. The van der Waals surface area contributed by atoms with Gasteiger partial charge in [0.05, 0.1) is 6.42 Å². The van der Waals surface area contributed by atoms with E-state index < -0.39 is 5.97 Å². The average Bonchev–Trinajstić information content (AvgIpc) is 2.69. The van der Waals surface area contributed by atoms with E-state index in [2.05, 4.69) is 15.2 Å². The zero-order chi connectivity index (χ0) is 19.1. The van der Waals surface area contributed by atoms with Gasteiger partial charge in [0.2, 0.25) is 0 Å². The molecule has 1 fully saturated rings. The normalized spacial score (nSPS) is 13.9. The topological polar surface area (TPSA) is 71.5 Å². The summed E-state index contributed by atoms with van der Waals surface area (Å²) in [6.07, 6.45) is 5.49. The van der Waals surface area contributed by atoms with Crippen molar-refractivity contribution in [2.45, 2.75) is 32.6 Å². The van der Waals surface area contributed by atoms with Crippen molar-refractivity contribution in [3.8, 4) is 0 Å². The Kier molecular flexibility index (Phi) is 6.41. The van der Waals surface area contributed by atoms with Crippen LogP contribution in [0.1, 0.15) is 30.5 Å². The van der Waals surface area contributed by atoms with Gasteiger partial charge in [-0.2, -0.15) is 0 Å². The molecule has 0 radical (unpaired) electrons. The van der Waals surface area contributed by atoms with Crippen molar-refractivity contribution in [1.29, 1.82) is 0 Å². The Labute approximate surface area is 159 Å².